The predicted octanol–water partition coefficient (Wildman–Crippen LogP) is 5.05. The van der Waals surface area contributed by atoms with Gasteiger partial charge in [0.25, 0.3) is 0 Å². The van der Waals surface area contributed by atoms with Gasteiger partial charge in [0.1, 0.15) is 5.75 Å². The fourth-order valence-electron chi connectivity index (χ4n) is 2.81. The monoisotopic (exact) mass is 327 g/mol. The van der Waals surface area contributed by atoms with Gasteiger partial charge in [0.15, 0.2) is 0 Å². The molecule has 4 aromatic rings. The van der Waals surface area contributed by atoms with E-state index in [0.29, 0.717) is 11.6 Å². The van der Waals surface area contributed by atoms with Gasteiger partial charge in [-0.2, -0.15) is 0 Å². The van der Waals surface area contributed by atoms with Gasteiger partial charge in [-0.1, -0.05) is 54.6 Å². The van der Waals surface area contributed by atoms with E-state index in [1.54, 1.807) is 18.2 Å². The minimum Gasteiger partial charge on any atom is -0.506 e. The summed E-state index contributed by atoms with van der Waals surface area (Å²) in [6.07, 6.45) is 0. The lowest BCUT2D eigenvalue weighted by molar-refractivity contribution is 0.477. The summed E-state index contributed by atoms with van der Waals surface area (Å²) in [5.41, 5.74) is 4.47. The number of nitrogens with one attached hydrogen (secondary N) is 1. The molecule has 2 N–H and O–H groups in total. The number of aromatic hydroxyl groups is 1. The number of phenolic OH excluding ortho intramolecular Hbond substituents is 1. The standard InChI is InChI=1S/C21H17N3O/c1-14-11-12-16-18(13-14)23-21(22-17-9-5-6-10-19(17)25)24-20(16)15-7-3-2-4-8-15/h2-13,25H,1H3,(H,22,23,24). The molecule has 0 fully saturated rings. The van der Waals surface area contributed by atoms with Gasteiger partial charge in [0.05, 0.1) is 16.9 Å². The molecule has 0 bridgehead atoms. The normalized spacial score (nSPS) is 10.8. The lowest BCUT2D eigenvalue weighted by atomic mass is 10.1. The maximum absolute atomic E-state index is 10.00. The summed E-state index contributed by atoms with van der Waals surface area (Å²) < 4.78 is 0. The highest BCUT2D eigenvalue weighted by Gasteiger charge is 2.11. The number of nitrogens with zero attached hydrogens (tertiary/aromatic N) is 2. The zero-order valence-corrected chi connectivity index (χ0v) is 13.8. The van der Waals surface area contributed by atoms with Crippen molar-refractivity contribution in [3.8, 4) is 17.0 Å². The van der Waals surface area contributed by atoms with Crippen LogP contribution in [0.5, 0.6) is 5.75 Å². The topological polar surface area (TPSA) is 58.0 Å². The van der Waals surface area contributed by atoms with E-state index in [1.165, 1.54) is 0 Å². The van der Waals surface area contributed by atoms with Crippen molar-refractivity contribution in [3.05, 3.63) is 78.4 Å². The SMILES string of the molecule is Cc1ccc2c(-c3ccccc3)nc(Nc3ccccc3O)nc2c1. The van der Waals surface area contributed by atoms with Crippen molar-refractivity contribution in [1.82, 2.24) is 9.97 Å². The Kier molecular flexibility index (Phi) is 3.78. The van der Waals surface area contributed by atoms with Crippen molar-refractivity contribution in [2.24, 2.45) is 0 Å². The molecule has 0 atom stereocenters. The molecule has 3 aromatic carbocycles. The number of aromatic nitrogens is 2. The molecule has 122 valence electrons. The van der Waals surface area contributed by atoms with E-state index < -0.39 is 0 Å². The van der Waals surface area contributed by atoms with E-state index in [-0.39, 0.29) is 5.75 Å². The highest BCUT2D eigenvalue weighted by Crippen LogP contribution is 2.30. The highest BCUT2D eigenvalue weighted by molar-refractivity contribution is 5.93. The Bertz CT molecular complexity index is 1050. The Morgan fingerprint density at radius 2 is 1.60 bits per heavy atom. The minimum absolute atomic E-state index is 0.164. The highest BCUT2D eigenvalue weighted by atomic mass is 16.3. The van der Waals surface area contributed by atoms with Crippen LogP contribution in [0.15, 0.2) is 72.8 Å². The minimum atomic E-state index is 0.164. The van der Waals surface area contributed by atoms with Gasteiger partial charge in [-0.25, -0.2) is 9.97 Å². The summed E-state index contributed by atoms with van der Waals surface area (Å²) >= 11 is 0. The molecule has 1 aromatic heterocycles. The first-order valence-electron chi connectivity index (χ1n) is 8.09. The predicted molar refractivity (Wildman–Crippen MR) is 101 cm³/mol. The fraction of sp³-hybridized carbons (Fsp3) is 0.0476. The van der Waals surface area contributed by atoms with E-state index in [1.807, 2.05) is 49.4 Å². The Labute approximate surface area is 145 Å². The van der Waals surface area contributed by atoms with Crippen molar-refractivity contribution in [2.45, 2.75) is 6.92 Å². The summed E-state index contributed by atoms with van der Waals surface area (Å²) in [5, 5.41) is 14.1. The number of hydrogen-bond acceptors (Lipinski definition) is 4. The van der Waals surface area contributed by atoms with E-state index in [4.69, 9.17) is 4.98 Å². The van der Waals surface area contributed by atoms with Crippen LogP contribution in [0.25, 0.3) is 22.2 Å². The third-order valence-electron chi connectivity index (χ3n) is 4.05. The molecule has 4 nitrogen and oxygen atoms in total. The second-order valence-electron chi connectivity index (χ2n) is 5.92. The van der Waals surface area contributed by atoms with Gasteiger partial charge in [0.2, 0.25) is 5.95 Å². The van der Waals surface area contributed by atoms with Crippen molar-refractivity contribution in [3.63, 3.8) is 0 Å². The van der Waals surface area contributed by atoms with Crippen LogP contribution in [0.1, 0.15) is 5.56 Å². The maximum atomic E-state index is 10.00. The van der Waals surface area contributed by atoms with Crippen LogP contribution in [0.2, 0.25) is 0 Å². The van der Waals surface area contributed by atoms with Crippen LogP contribution in [0.4, 0.5) is 11.6 Å². The van der Waals surface area contributed by atoms with Crippen LogP contribution < -0.4 is 5.32 Å². The lowest BCUT2D eigenvalue weighted by Crippen LogP contribution is -2.00. The lowest BCUT2D eigenvalue weighted by Gasteiger charge is -2.11. The summed E-state index contributed by atoms with van der Waals surface area (Å²) in [6.45, 7) is 2.04. The van der Waals surface area contributed by atoms with Gasteiger partial charge < -0.3 is 10.4 Å². The Balaban J connectivity index is 1.90. The molecule has 0 aliphatic heterocycles. The second-order valence-corrected chi connectivity index (χ2v) is 5.92. The van der Waals surface area contributed by atoms with Gasteiger partial charge in [-0.3, -0.25) is 0 Å². The Hall–Kier alpha value is -3.40. The molecule has 0 aliphatic rings. The summed E-state index contributed by atoms with van der Waals surface area (Å²) in [7, 11) is 0. The molecule has 0 saturated carbocycles. The van der Waals surface area contributed by atoms with Crippen LogP contribution in [0, 0.1) is 6.92 Å². The molecular weight excluding hydrogens is 310 g/mol. The summed E-state index contributed by atoms with van der Waals surface area (Å²) in [6, 6.07) is 23.2. The molecule has 0 amide bonds. The fourth-order valence-corrected chi connectivity index (χ4v) is 2.81. The molecule has 1 heterocycles. The van der Waals surface area contributed by atoms with E-state index in [2.05, 4.69) is 22.4 Å². The van der Waals surface area contributed by atoms with Crippen LogP contribution in [-0.2, 0) is 0 Å². The first-order valence-corrected chi connectivity index (χ1v) is 8.09. The second kappa shape index (κ2) is 6.24. The average Bonchev–Trinajstić information content (AvgIpc) is 2.63. The summed E-state index contributed by atoms with van der Waals surface area (Å²) in [5.74, 6) is 0.621. The zero-order chi connectivity index (χ0) is 17.2. The maximum Gasteiger partial charge on any atom is 0.228 e. The van der Waals surface area contributed by atoms with Gasteiger partial charge >= 0.3 is 0 Å². The number of aryl methyl sites for hydroxylation is 1. The quantitative estimate of drug-likeness (QED) is 0.517. The van der Waals surface area contributed by atoms with E-state index >= 15 is 0 Å². The van der Waals surface area contributed by atoms with Crippen LogP contribution in [0.3, 0.4) is 0 Å². The van der Waals surface area contributed by atoms with Crippen LogP contribution in [-0.4, -0.2) is 15.1 Å². The third-order valence-corrected chi connectivity index (χ3v) is 4.05. The number of fused-ring (bicyclic) bond motifs is 1. The number of para-hydroxylation sites is 2. The van der Waals surface area contributed by atoms with E-state index in [9.17, 15) is 5.11 Å². The number of rotatable bonds is 3. The van der Waals surface area contributed by atoms with Crippen molar-refractivity contribution in [1.29, 1.82) is 0 Å². The molecule has 4 rings (SSSR count). The molecule has 25 heavy (non-hydrogen) atoms. The van der Waals surface area contributed by atoms with Gasteiger partial charge in [0, 0.05) is 10.9 Å². The van der Waals surface area contributed by atoms with Crippen molar-refractivity contribution in [2.75, 3.05) is 5.32 Å². The number of phenols is 1. The molecule has 0 saturated heterocycles. The molecule has 0 radical (unpaired) electrons. The third kappa shape index (κ3) is 3.02. The van der Waals surface area contributed by atoms with Crippen molar-refractivity contribution < 1.29 is 5.11 Å². The Morgan fingerprint density at radius 1 is 0.840 bits per heavy atom. The zero-order valence-electron chi connectivity index (χ0n) is 13.8. The average molecular weight is 327 g/mol. The number of anilines is 2. The first-order chi connectivity index (χ1) is 12.2. The van der Waals surface area contributed by atoms with Crippen LogP contribution >= 0.6 is 0 Å². The molecular formula is C21H17N3O. The van der Waals surface area contributed by atoms with E-state index in [0.717, 1.165) is 27.7 Å². The smallest absolute Gasteiger partial charge is 0.228 e. The Morgan fingerprint density at radius 3 is 2.40 bits per heavy atom. The van der Waals surface area contributed by atoms with Gasteiger partial charge in [-0.15, -0.1) is 0 Å². The summed E-state index contributed by atoms with van der Waals surface area (Å²) in [4.78, 5) is 9.33. The first kappa shape index (κ1) is 15.1. The molecule has 4 heteroatoms. The largest absolute Gasteiger partial charge is 0.506 e. The number of hydrogen-bond donors (Lipinski definition) is 2. The molecule has 0 aliphatic carbocycles. The molecule has 0 spiro atoms. The molecule has 0 unspecified atom stereocenters. The van der Waals surface area contributed by atoms with Gasteiger partial charge in [-0.05, 0) is 30.7 Å². The number of benzene rings is 3. The van der Waals surface area contributed by atoms with Crippen molar-refractivity contribution >= 4 is 22.5 Å².